The number of carbonyl (C=O) groups excluding carboxylic acids is 1. The zero-order valence-corrected chi connectivity index (χ0v) is 11.9. The summed E-state index contributed by atoms with van der Waals surface area (Å²) in [4.78, 5) is 11.3. The molecule has 1 saturated heterocycles. The van der Waals surface area contributed by atoms with Gasteiger partial charge in [-0.2, -0.15) is 13.2 Å². The van der Waals surface area contributed by atoms with Crippen LogP contribution in [0.1, 0.15) is 19.4 Å². The number of rotatable bonds is 1. The average Bonchev–Trinajstić information content (AvgIpc) is 2.37. The van der Waals surface area contributed by atoms with Crippen LogP contribution in [0.4, 0.5) is 23.2 Å². The van der Waals surface area contributed by atoms with Gasteiger partial charge in [0.25, 0.3) is 0 Å². The van der Waals surface area contributed by atoms with Gasteiger partial charge in [-0.05, 0) is 32.0 Å². The van der Waals surface area contributed by atoms with Gasteiger partial charge in [-0.1, -0.05) is 0 Å². The Hall–Kier alpha value is -1.63. The fourth-order valence-corrected chi connectivity index (χ4v) is 1.85. The van der Waals surface area contributed by atoms with E-state index in [9.17, 15) is 22.4 Å². The molecule has 0 aromatic heterocycles. The summed E-state index contributed by atoms with van der Waals surface area (Å²) in [7, 11) is 0. The quantitative estimate of drug-likeness (QED) is 0.810. The maximum absolute atomic E-state index is 13.3. The van der Waals surface area contributed by atoms with Gasteiger partial charge >= 0.3 is 6.18 Å². The van der Waals surface area contributed by atoms with E-state index in [2.05, 4.69) is 5.32 Å². The summed E-state index contributed by atoms with van der Waals surface area (Å²) in [5.74, 6) is -1.05. The molecule has 1 aliphatic rings. The van der Waals surface area contributed by atoms with E-state index in [0.717, 1.165) is 25.2 Å². The van der Waals surface area contributed by atoms with Crippen molar-refractivity contribution in [3.05, 3.63) is 29.6 Å². The fourth-order valence-electron chi connectivity index (χ4n) is 1.85. The third kappa shape index (κ3) is 5.71. The molecule has 0 bridgehead atoms. The third-order valence-corrected chi connectivity index (χ3v) is 2.74. The molecule has 118 valence electrons. The monoisotopic (exact) mass is 306 g/mol. The van der Waals surface area contributed by atoms with Gasteiger partial charge in [-0.15, -0.1) is 0 Å². The van der Waals surface area contributed by atoms with Crippen LogP contribution in [-0.4, -0.2) is 32.0 Å². The Morgan fingerprint density at radius 1 is 1.19 bits per heavy atom. The van der Waals surface area contributed by atoms with E-state index < -0.39 is 17.6 Å². The molecule has 0 amide bonds. The number of alkyl halides is 3. The van der Waals surface area contributed by atoms with Crippen LogP contribution in [-0.2, 0) is 11.0 Å². The number of hydrogen-bond acceptors (Lipinski definition) is 3. The lowest BCUT2D eigenvalue weighted by Gasteiger charge is -2.29. The van der Waals surface area contributed by atoms with E-state index in [4.69, 9.17) is 0 Å². The zero-order chi connectivity index (χ0) is 16.0. The Balaban J connectivity index is 0.000000491. The molecule has 3 nitrogen and oxygen atoms in total. The molecule has 2 rings (SSSR count). The molecule has 1 aliphatic heterocycles. The summed E-state index contributed by atoms with van der Waals surface area (Å²) in [5, 5.41) is 3.12. The van der Waals surface area contributed by atoms with Crippen LogP contribution in [0.15, 0.2) is 18.2 Å². The molecule has 21 heavy (non-hydrogen) atoms. The van der Waals surface area contributed by atoms with Crippen molar-refractivity contribution >= 4 is 11.5 Å². The van der Waals surface area contributed by atoms with Crippen molar-refractivity contribution in [3.8, 4) is 0 Å². The largest absolute Gasteiger partial charge is 0.419 e. The molecule has 0 spiro atoms. The number of benzene rings is 1. The highest BCUT2D eigenvalue weighted by molar-refractivity contribution is 5.72. The first-order valence-corrected chi connectivity index (χ1v) is 6.51. The van der Waals surface area contributed by atoms with E-state index in [1.807, 2.05) is 4.90 Å². The van der Waals surface area contributed by atoms with Crippen molar-refractivity contribution in [2.75, 3.05) is 31.1 Å². The molecule has 0 unspecified atom stereocenters. The van der Waals surface area contributed by atoms with Gasteiger partial charge in [-0.3, -0.25) is 0 Å². The zero-order valence-electron chi connectivity index (χ0n) is 11.9. The number of carbonyl (C=O) groups is 1. The molecular weight excluding hydrogens is 288 g/mol. The first-order valence-electron chi connectivity index (χ1n) is 6.51. The molecule has 1 heterocycles. The number of halogens is 4. The molecule has 0 saturated carbocycles. The Bertz CT molecular complexity index is 478. The Morgan fingerprint density at radius 2 is 1.71 bits per heavy atom. The highest BCUT2D eigenvalue weighted by Crippen LogP contribution is 2.33. The second-order valence-electron chi connectivity index (χ2n) is 4.81. The van der Waals surface area contributed by atoms with Gasteiger partial charge < -0.3 is 15.0 Å². The number of Topliss-reactive ketones (excluding diaryl/α,β-unsaturated/α-hetero) is 1. The molecule has 1 fully saturated rings. The second-order valence-corrected chi connectivity index (χ2v) is 4.81. The minimum atomic E-state index is -4.63. The van der Waals surface area contributed by atoms with E-state index in [1.54, 1.807) is 0 Å². The number of anilines is 1. The lowest BCUT2D eigenvalue weighted by molar-refractivity contribution is -0.140. The van der Waals surface area contributed by atoms with E-state index in [0.29, 0.717) is 18.8 Å². The van der Waals surface area contributed by atoms with Gasteiger partial charge in [0.05, 0.1) is 5.56 Å². The number of nitrogens with zero attached hydrogens (tertiary/aromatic N) is 1. The summed E-state index contributed by atoms with van der Waals surface area (Å²) in [5.41, 5.74) is -0.714. The third-order valence-electron chi connectivity index (χ3n) is 2.74. The van der Waals surface area contributed by atoms with Gasteiger partial charge in [-0.25, -0.2) is 4.39 Å². The molecule has 1 N–H and O–H groups in total. The first-order chi connectivity index (χ1) is 9.71. The van der Waals surface area contributed by atoms with Gasteiger partial charge in [0.2, 0.25) is 0 Å². The average molecular weight is 306 g/mol. The SMILES string of the molecule is CC(C)=O.Fc1cc(N2CCNCC2)ccc1C(F)(F)F. The highest BCUT2D eigenvalue weighted by atomic mass is 19.4. The topological polar surface area (TPSA) is 32.3 Å². The van der Waals surface area contributed by atoms with Gasteiger partial charge in [0.1, 0.15) is 11.6 Å². The van der Waals surface area contributed by atoms with Crippen LogP contribution in [0.5, 0.6) is 0 Å². The second kappa shape index (κ2) is 7.40. The lowest BCUT2D eigenvalue weighted by Crippen LogP contribution is -2.43. The lowest BCUT2D eigenvalue weighted by atomic mass is 10.1. The fraction of sp³-hybridized carbons (Fsp3) is 0.500. The van der Waals surface area contributed by atoms with Crippen molar-refractivity contribution in [3.63, 3.8) is 0 Å². The van der Waals surface area contributed by atoms with Crippen molar-refractivity contribution in [2.24, 2.45) is 0 Å². The predicted octanol–water partition coefficient (Wildman–Crippen LogP) is 2.85. The predicted molar refractivity (Wildman–Crippen MR) is 72.8 cm³/mol. The summed E-state index contributed by atoms with van der Waals surface area (Å²) >= 11 is 0. The molecule has 0 aliphatic carbocycles. The normalized spacial score (nSPS) is 15.2. The van der Waals surface area contributed by atoms with Gasteiger partial charge in [0, 0.05) is 31.9 Å². The van der Waals surface area contributed by atoms with E-state index >= 15 is 0 Å². The van der Waals surface area contributed by atoms with Crippen LogP contribution in [0, 0.1) is 5.82 Å². The van der Waals surface area contributed by atoms with E-state index in [-0.39, 0.29) is 5.78 Å². The Labute approximate surface area is 120 Å². The summed E-state index contributed by atoms with van der Waals surface area (Å²) < 4.78 is 50.4. The van der Waals surface area contributed by atoms with Crippen LogP contribution in [0.2, 0.25) is 0 Å². The molecule has 1 aromatic carbocycles. The Kier molecular flexibility index (Phi) is 6.14. The van der Waals surface area contributed by atoms with Crippen molar-refractivity contribution in [2.45, 2.75) is 20.0 Å². The minimum absolute atomic E-state index is 0.167. The molecule has 1 aromatic rings. The van der Waals surface area contributed by atoms with Crippen molar-refractivity contribution < 1.29 is 22.4 Å². The molecule has 0 radical (unpaired) electrons. The van der Waals surface area contributed by atoms with Crippen molar-refractivity contribution in [1.29, 1.82) is 0 Å². The van der Waals surface area contributed by atoms with E-state index in [1.165, 1.54) is 19.9 Å². The van der Waals surface area contributed by atoms with Crippen LogP contribution in [0.3, 0.4) is 0 Å². The number of ketones is 1. The first kappa shape index (κ1) is 17.4. The van der Waals surface area contributed by atoms with Crippen molar-refractivity contribution in [1.82, 2.24) is 5.32 Å². The number of hydrogen-bond donors (Lipinski definition) is 1. The van der Waals surface area contributed by atoms with Crippen LogP contribution < -0.4 is 10.2 Å². The smallest absolute Gasteiger partial charge is 0.369 e. The van der Waals surface area contributed by atoms with Gasteiger partial charge in [0.15, 0.2) is 0 Å². The molecular formula is C14H18F4N2O. The minimum Gasteiger partial charge on any atom is -0.369 e. The Morgan fingerprint density at radius 3 is 2.14 bits per heavy atom. The molecule has 0 atom stereocenters. The molecule has 7 heteroatoms. The highest BCUT2D eigenvalue weighted by Gasteiger charge is 2.34. The number of piperazine rings is 1. The maximum Gasteiger partial charge on any atom is 0.419 e. The summed E-state index contributed by atoms with van der Waals surface area (Å²) in [6, 6.07) is 3.07. The number of nitrogens with one attached hydrogen (secondary N) is 1. The van der Waals surface area contributed by atoms with Crippen LogP contribution in [0.25, 0.3) is 0 Å². The summed E-state index contributed by atoms with van der Waals surface area (Å²) in [6.07, 6.45) is -4.63. The summed E-state index contributed by atoms with van der Waals surface area (Å²) in [6.45, 7) is 5.90. The van der Waals surface area contributed by atoms with Crippen LogP contribution >= 0.6 is 0 Å². The standard InChI is InChI=1S/C11H12F4N2.C3H6O/c12-10-7-8(17-5-3-16-4-6-17)1-2-9(10)11(13,14)15;1-3(2)4/h1-2,7,16H,3-6H2;1-2H3. The maximum atomic E-state index is 13.3.